The predicted octanol–water partition coefficient (Wildman–Crippen LogP) is 4.93. The SMILES string of the molecule is CCN(CCc1ccncc1)c1nc(Cl)nc2sc3c(c12)CCC(C)C3. The maximum Gasteiger partial charge on any atom is 0.225 e. The Morgan fingerprint density at radius 1 is 1.27 bits per heavy atom. The van der Waals surface area contributed by atoms with E-state index >= 15 is 0 Å². The third kappa shape index (κ3) is 3.42. The highest BCUT2D eigenvalue weighted by Gasteiger charge is 2.25. The van der Waals surface area contributed by atoms with Crippen LogP contribution in [0.3, 0.4) is 0 Å². The number of likely N-dealkylation sites (N-methyl/N-ethyl adjacent to an activating group) is 1. The zero-order valence-corrected chi connectivity index (χ0v) is 16.8. The largest absolute Gasteiger partial charge is 0.356 e. The second kappa shape index (κ2) is 7.49. The maximum atomic E-state index is 6.28. The van der Waals surface area contributed by atoms with Gasteiger partial charge >= 0.3 is 0 Å². The van der Waals surface area contributed by atoms with Gasteiger partial charge in [0, 0.05) is 30.4 Å². The summed E-state index contributed by atoms with van der Waals surface area (Å²) >= 11 is 8.09. The number of nitrogens with zero attached hydrogens (tertiary/aromatic N) is 4. The van der Waals surface area contributed by atoms with E-state index in [1.54, 1.807) is 11.3 Å². The molecule has 0 aliphatic heterocycles. The van der Waals surface area contributed by atoms with Gasteiger partial charge in [-0.1, -0.05) is 6.92 Å². The standard InChI is InChI=1S/C20H23ClN4S/c1-3-25(11-8-14-6-9-22-10-7-14)18-17-15-5-4-13(2)12-16(15)26-19(17)24-20(21)23-18/h6-7,9-10,13H,3-5,8,11-12H2,1-2H3. The highest BCUT2D eigenvalue weighted by atomic mass is 35.5. The number of aromatic nitrogens is 3. The van der Waals surface area contributed by atoms with Gasteiger partial charge in [-0.15, -0.1) is 11.3 Å². The Morgan fingerprint density at radius 2 is 2.08 bits per heavy atom. The number of thiophene rings is 1. The average molecular weight is 387 g/mol. The van der Waals surface area contributed by atoms with Gasteiger partial charge in [0.25, 0.3) is 0 Å². The quantitative estimate of drug-likeness (QED) is 0.583. The molecule has 136 valence electrons. The van der Waals surface area contributed by atoms with Crippen LogP contribution in [0.25, 0.3) is 10.2 Å². The lowest BCUT2D eigenvalue weighted by Gasteiger charge is -2.24. The molecule has 4 nitrogen and oxygen atoms in total. The van der Waals surface area contributed by atoms with Crippen LogP contribution in [-0.2, 0) is 19.3 Å². The van der Waals surface area contributed by atoms with Crippen LogP contribution in [0.4, 0.5) is 5.82 Å². The Morgan fingerprint density at radius 3 is 2.85 bits per heavy atom. The summed E-state index contributed by atoms with van der Waals surface area (Å²) in [5.41, 5.74) is 2.74. The minimum atomic E-state index is 0.349. The van der Waals surface area contributed by atoms with Crippen LogP contribution in [-0.4, -0.2) is 28.0 Å². The number of halogens is 1. The first-order chi connectivity index (χ1) is 12.7. The first-order valence-corrected chi connectivity index (χ1v) is 10.5. The van der Waals surface area contributed by atoms with Crippen molar-refractivity contribution in [2.24, 2.45) is 5.92 Å². The second-order valence-electron chi connectivity index (χ2n) is 7.03. The van der Waals surface area contributed by atoms with Gasteiger partial charge < -0.3 is 4.90 Å². The topological polar surface area (TPSA) is 41.9 Å². The first-order valence-electron chi connectivity index (χ1n) is 9.27. The molecule has 3 aromatic rings. The number of hydrogen-bond acceptors (Lipinski definition) is 5. The van der Waals surface area contributed by atoms with Gasteiger partial charge in [-0.05, 0) is 73.4 Å². The van der Waals surface area contributed by atoms with E-state index in [4.69, 9.17) is 11.6 Å². The van der Waals surface area contributed by atoms with E-state index in [0.29, 0.717) is 5.28 Å². The Balaban J connectivity index is 1.71. The zero-order chi connectivity index (χ0) is 18.1. The fraction of sp³-hybridized carbons (Fsp3) is 0.450. The molecule has 0 radical (unpaired) electrons. The Labute approximate surface area is 163 Å². The molecule has 1 aliphatic carbocycles. The molecule has 1 unspecified atom stereocenters. The summed E-state index contributed by atoms with van der Waals surface area (Å²) in [6, 6.07) is 4.15. The Hall–Kier alpha value is -1.72. The molecular weight excluding hydrogens is 364 g/mol. The smallest absolute Gasteiger partial charge is 0.225 e. The molecular formula is C20H23ClN4S. The fourth-order valence-electron chi connectivity index (χ4n) is 3.75. The van der Waals surface area contributed by atoms with Crippen molar-refractivity contribution in [3.8, 4) is 0 Å². The molecule has 6 heteroatoms. The number of aryl methyl sites for hydroxylation is 1. The Kier molecular flexibility index (Phi) is 5.09. The van der Waals surface area contributed by atoms with Crippen LogP contribution in [0.15, 0.2) is 24.5 Å². The summed E-state index contributed by atoms with van der Waals surface area (Å²) in [6.45, 7) is 6.31. The lowest BCUT2D eigenvalue weighted by atomic mass is 9.89. The fourth-order valence-corrected chi connectivity index (χ4v) is 5.35. The van der Waals surface area contributed by atoms with Crippen molar-refractivity contribution in [3.63, 3.8) is 0 Å². The lowest BCUT2D eigenvalue weighted by molar-refractivity contribution is 0.509. The molecule has 26 heavy (non-hydrogen) atoms. The van der Waals surface area contributed by atoms with Crippen LogP contribution in [0.1, 0.15) is 36.3 Å². The van der Waals surface area contributed by atoms with Crippen LogP contribution in [0.5, 0.6) is 0 Å². The van der Waals surface area contributed by atoms with Crippen molar-refractivity contribution >= 4 is 39.0 Å². The number of hydrogen-bond donors (Lipinski definition) is 0. The van der Waals surface area contributed by atoms with Crippen molar-refractivity contribution in [2.45, 2.75) is 39.5 Å². The highest BCUT2D eigenvalue weighted by Crippen LogP contribution is 2.41. The summed E-state index contributed by atoms with van der Waals surface area (Å²) in [5.74, 6) is 1.75. The van der Waals surface area contributed by atoms with Crippen molar-refractivity contribution in [2.75, 3.05) is 18.0 Å². The number of fused-ring (bicyclic) bond motifs is 3. The normalized spacial score (nSPS) is 16.7. The van der Waals surface area contributed by atoms with Crippen LogP contribution in [0.2, 0.25) is 5.28 Å². The average Bonchev–Trinajstić information content (AvgIpc) is 2.99. The predicted molar refractivity (Wildman–Crippen MR) is 109 cm³/mol. The van der Waals surface area contributed by atoms with Crippen molar-refractivity contribution < 1.29 is 0 Å². The summed E-state index contributed by atoms with van der Waals surface area (Å²) in [5, 5.41) is 1.58. The van der Waals surface area contributed by atoms with Crippen LogP contribution in [0, 0.1) is 5.92 Å². The maximum absolute atomic E-state index is 6.28. The van der Waals surface area contributed by atoms with Crippen LogP contribution >= 0.6 is 22.9 Å². The highest BCUT2D eigenvalue weighted by molar-refractivity contribution is 7.19. The van der Waals surface area contributed by atoms with Crippen molar-refractivity contribution in [1.29, 1.82) is 0 Å². The van der Waals surface area contributed by atoms with Gasteiger partial charge in [-0.2, -0.15) is 4.98 Å². The monoisotopic (exact) mass is 386 g/mol. The zero-order valence-electron chi connectivity index (χ0n) is 15.2. The molecule has 0 saturated heterocycles. The lowest BCUT2D eigenvalue weighted by Crippen LogP contribution is -2.27. The minimum Gasteiger partial charge on any atom is -0.356 e. The summed E-state index contributed by atoms with van der Waals surface area (Å²) in [7, 11) is 0. The molecule has 3 aromatic heterocycles. The van der Waals surface area contributed by atoms with Gasteiger partial charge in [-0.3, -0.25) is 4.98 Å². The van der Waals surface area contributed by atoms with E-state index in [9.17, 15) is 0 Å². The Bertz CT molecular complexity index is 909. The van der Waals surface area contributed by atoms with E-state index < -0.39 is 0 Å². The van der Waals surface area contributed by atoms with Gasteiger partial charge in [0.15, 0.2) is 0 Å². The molecule has 0 fully saturated rings. The van der Waals surface area contributed by atoms with E-state index in [1.807, 2.05) is 12.4 Å². The van der Waals surface area contributed by atoms with E-state index in [1.165, 1.54) is 27.8 Å². The van der Waals surface area contributed by atoms with Crippen LogP contribution < -0.4 is 4.90 Å². The molecule has 1 atom stereocenters. The van der Waals surface area contributed by atoms with Gasteiger partial charge in [0.2, 0.25) is 5.28 Å². The number of rotatable bonds is 5. The first kappa shape index (κ1) is 17.7. The van der Waals surface area contributed by atoms with E-state index in [0.717, 1.165) is 48.9 Å². The van der Waals surface area contributed by atoms with E-state index in [2.05, 4.69) is 45.8 Å². The third-order valence-corrected chi connectivity index (χ3v) is 6.53. The number of pyridine rings is 1. The summed E-state index contributed by atoms with van der Waals surface area (Å²) in [4.78, 5) is 18.1. The summed E-state index contributed by atoms with van der Waals surface area (Å²) in [6.07, 6.45) is 8.17. The minimum absolute atomic E-state index is 0.349. The van der Waals surface area contributed by atoms with Crippen molar-refractivity contribution in [1.82, 2.24) is 15.0 Å². The molecule has 3 heterocycles. The summed E-state index contributed by atoms with van der Waals surface area (Å²) < 4.78 is 0. The van der Waals surface area contributed by atoms with Gasteiger partial charge in [-0.25, -0.2) is 4.98 Å². The third-order valence-electron chi connectivity index (χ3n) is 5.21. The molecule has 1 aliphatic rings. The molecule has 0 spiro atoms. The molecule has 0 bridgehead atoms. The van der Waals surface area contributed by atoms with Crippen molar-refractivity contribution in [3.05, 3.63) is 45.8 Å². The van der Waals surface area contributed by atoms with Gasteiger partial charge in [0.1, 0.15) is 10.6 Å². The van der Waals surface area contributed by atoms with E-state index in [-0.39, 0.29) is 0 Å². The molecule has 0 N–H and O–H groups in total. The molecule has 4 rings (SSSR count). The molecule has 0 aromatic carbocycles. The second-order valence-corrected chi connectivity index (χ2v) is 8.45. The molecule has 0 saturated carbocycles. The molecule has 0 amide bonds. The van der Waals surface area contributed by atoms with Gasteiger partial charge in [0.05, 0.1) is 5.39 Å². The number of anilines is 1.